The number of hydrogen-bond donors (Lipinski definition) is 2. The zero-order chi connectivity index (χ0) is 22.4. The molecular weight excluding hydrogens is 432 g/mol. The number of ketones is 1. The maximum Gasteiger partial charge on any atom is 0.307 e. The van der Waals surface area contributed by atoms with E-state index in [0.29, 0.717) is 24.3 Å². The van der Waals surface area contributed by atoms with E-state index in [9.17, 15) is 19.5 Å². The van der Waals surface area contributed by atoms with Crippen molar-refractivity contribution in [3.8, 4) is 16.3 Å². The van der Waals surface area contributed by atoms with E-state index in [2.05, 4.69) is 11.9 Å². The second-order valence-electron chi connectivity index (χ2n) is 7.47. The number of carbonyl (C=O) groups is 2. The van der Waals surface area contributed by atoms with Gasteiger partial charge in [0, 0.05) is 36.2 Å². The lowest BCUT2D eigenvalue weighted by molar-refractivity contribution is -0.144. The molecule has 8 heteroatoms. The summed E-state index contributed by atoms with van der Waals surface area (Å²) in [4.78, 5) is 42.1. The molecule has 0 unspecified atom stereocenters. The molecule has 1 amide bonds. The van der Waals surface area contributed by atoms with Crippen LogP contribution in [0.4, 0.5) is 0 Å². The van der Waals surface area contributed by atoms with E-state index in [-0.39, 0.29) is 16.5 Å². The van der Waals surface area contributed by atoms with Gasteiger partial charge in [-0.25, -0.2) is 0 Å². The van der Waals surface area contributed by atoms with Gasteiger partial charge in [-0.15, -0.1) is 11.3 Å². The van der Waals surface area contributed by atoms with Crippen LogP contribution in [0, 0.1) is 0 Å². The Morgan fingerprint density at radius 1 is 1.13 bits per heavy atom. The van der Waals surface area contributed by atoms with Gasteiger partial charge in [-0.2, -0.15) is 0 Å². The molecule has 3 rings (SSSR count). The smallest absolute Gasteiger partial charge is 0.307 e. The molecule has 0 fully saturated rings. The zero-order valence-electron chi connectivity index (χ0n) is 17.6. The van der Waals surface area contributed by atoms with Gasteiger partial charge in [-0.1, -0.05) is 49.3 Å². The topological polar surface area (TPSA) is 90.5 Å². The molecule has 2 aromatic heterocycles. The number of unbranched alkanes of at least 4 members (excludes halogenated alkanes) is 2. The number of amides is 1. The minimum atomic E-state index is -0.440. The highest BCUT2D eigenvalue weighted by atomic mass is 32.1. The molecule has 0 bridgehead atoms. The van der Waals surface area contributed by atoms with Crippen molar-refractivity contribution in [2.45, 2.75) is 45.6 Å². The third kappa shape index (κ3) is 6.15. The standard InChI is InChI=1S/C23H26N2O4S2/c1-3-4-5-9-18(26)22(28)25(2)14-15-7-6-8-16(12-15)19-11-10-17(30-19)13-20-21(27)24-23(29)31-20/h6-8,10-12,27H,3-5,9,13-14H2,1-2H3,(H,24,29). The molecule has 164 valence electrons. The van der Waals surface area contributed by atoms with Crippen molar-refractivity contribution in [1.29, 1.82) is 0 Å². The molecule has 0 aliphatic carbocycles. The molecule has 0 saturated heterocycles. The van der Waals surface area contributed by atoms with Gasteiger partial charge in [0.25, 0.3) is 5.91 Å². The van der Waals surface area contributed by atoms with E-state index in [4.69, 9.17) is 0 Å². The van der Waals surface area contributed by atoms with Crippen LogP contribution in [0.15, 0.2) is 41.2 Å². The molecule has 3 aromatic rings. The molecule has 0 aliphatic heterocycles. The van der Waals surface area contributed by atoms with E-state index >= 15 is 0 Å². The van der Waals surface area contributed by atoms with Gasteiger partial charge in [-0.3, -0.25) is 19.4 Å². The Labute approximate surface area is 189 Å². The van der Waals surface area contributed by atoms with Gasteiger partial charge >= 0.3 is 4.87 Å². The molecule has 0 saturated carbocycles. The Hall–Kier alpha value is -2.71. The first-order valence-electron chi connectivity index (χ1n) is 10.2. The first-order valence-corrected chi connectivity index (χ1v) is 11.9. The van der Waals surface area contributed by atoms with Gasteiger partial charge in [0.2, 0.25) is 11.7 Å². The third-order valence-electron chi connectivity index (χ3n) is 4.92. The largest absolute Gasteiger partial charge is 0.494 e. The number of Topliss-reactive ketones (excluding diaryl/α,β-unsaturated/α-hetero) is 1. The quantitative estimate of drug-likeness (QED) is 0.344. The van der Waals surface area contributed by atoms with Crippen LogP contribution in [-0.2, 0) is 22.6 Å². The summed E-state index contributed by atoms with van der Waals surface area (Å²) in [6, 6.07) is 11.9. The number of hydrogen-bond acceptors (Lipinski definition) is 6. The van der Waals surface area contributed by atoms with Crippen molar-refractivity contribution in [2.75, 3.05) is 7.05 Å². The number of carbonyl (C=O) groups excluding carboxylic acids is 2. The normalized spacial score (nSPS) is 10.9. The van der Waals surface area contributed by atoms with Crippen molar-refractivity contribution >= 4 is 34.4 Å². The zero-order valence-corrected chi connectivity index (χ0v) is 19.3. The lowest BCUT2D eigenvalue weighted by Crippen LogP contribution is -2.32. The van der Waals surface area contributed by atoms with E-state index in [1.165, 1.54) is 4.90 Å². The predicted octanol–water partition coefficient (Wildman–Crippen LogP) is 4.57. The summed E-state index contributed by atoms with van der Waals surface area (Å²) in [5.74, 6) is -0.834. The lowest BCUT2D eigenvalue weighted by Gasteiger charge is -2.17. The Morgan fingerprint density at radius 3 is 2.65 bits per heavy atom. The molecule has 31 heavy (non-hydrogen) atoms. The number of thiophene rings is 1. The maximum atomic E-state index is 12.3. The summed E-state index contributed by atoms with van der Waals surface area (Å²) in [5, 5.41) is 9.78. The predicted molar refractivity (Wildman–Crippen MR) is 125 cm³/mol. The summed E-state index contributed by atoms with van der Waals surface area (Å²) in [6.07, 6.45) is 3.52. The fourth-order valence-electron chi connectivity index (χ4n) is 3.28. The Kier molecular flexibility index (Phi) is 7.81. The van der Waals surface area contributed by atoms with E-state index in [1.807, 2.05) is 36.4 Å². The Morgan fingerprint density at radius 2 is 1.94 bits per heavy atom. The molecule has 0 atom stereocenters. The van der Waals surface area contributed by atoms with Crippen molar-refractivity contribution in [1.82, 2.24) is 9.88 Å². The average Bonchev–Trinajstić information content (AvgIpc) is 3.33. The highest BCUT2D eigenvalue weighted by Crippen LogP contribution is 2.31. The number of benzene rings is 1. The molecule has 0 spiro atoms. The van der Waals surface area contributed by atoms with Crippen molar-refractivity contribution in [3.05, 3.63) is 61.4 Å². The number of aromatic nitrogens is 1. The monoisotopic (exact) mass is 458 g/mol. The van der Waals surface area contributed by atoms with E-state index in [1.54, 1.807) is 18.4 Å². The SMILES string of the molecule is CCCCCC(=O)C(=O)N(C)Cc1cccc(-c2ccc(Cc3sc(=O)[nH]c3O)s2)c1. The summed E-state index contributed by atoms with van der Waals surface area (Å²) in [6.45, 7) is 2.44. The number of rotatable bonds is 10. The van der Waals surface area contributed by atoms with E-state index < -0.39 is 5.91 Å². The molecule has 6 nitrogen and oxygen atoms in total. The van der Waals surface area contributed by atoms with Crippen molar-refractivity contribution < 1.29 is 14.7 Å². The van der Waals surface area contributed by atoms with Crippen LogP contribution in [0.1, 0.15) is 47.9 Å². The van der Waals surface area contributed by atoms with Gasteiger partial charge in [0.1, 0.15) is 0 Å². The number of thiazole rings is 1. The van der Waals surface area contributed by atoms with Crippen LogP contribution in [-0.4, -0.2) is 33.7 Å². The third-order valence-corrected chi connectivity index (χ3v) is 6.93. The van der Waals surface area contributed by atoms with Gasteiger partial charge < -0.3 is 10.0 Å². The van der Waals surface area contributed by atoms with Gasteiger partial charge in [0.15, 0.2) is 0 Å². The lowest BCUT2D eigenvalue weighted by atomic mass is 10.1. The minimum Gasteiger partial charge on any atom is -0.494 e. The molecule has 2 heterocycles. The van der Waals surface area contributed by atoms with Crippen LogP contribution >= 0.6 is 22.7 Å². The van der Waals surface area contributed by atoms with Gasteiger partial charge in [0.05, 0.1) is 4.88 Å². The summed E-state index contributed by atoms with van der Waals surface area (Å²) < 4.78 is 0. The number of nitrogens with one attached hydrogen (secondary N) is 1. The van der Waals surface area contributed by atoms with Crippen LogP contribution < -0.4 is 4.87 Å². The summed E-state index contributed by atoms with van der Waals surface area (Å²) in [7, 11) is 1.66. The molecule has 0 radical (unpaired) electrons. The van der Waals surface area contributed by atoms with Crippen LogP contribution in [0.3, 0.4) is 0 Å². The summed E-state index contributed by atoms with van der Waals surface area (Å²) >= 11 is 2.61. The first kappa shape index (κ1) is 23.0. The second kappa shape index (κ2) is 10.5. The maximum absolute atomic E-state index is 12.3. The fraction of sp³-hybridized carbons (Fsp3) is 0.348. The average molecular weight is 459 g/mol. The number of likely N-dealkylation sites (N-methyl/N-ethyl adjacent to an activating group) is 1. The molecule has 0 aliphatic rings. The number of H-pyrrole nitrogens is 1. The van der Waals surface area contributed by atoms with Crippen LogP contribution in [0.25, 0.3) is 10.4 Å². The minimum absolute atomic E-state index is 0.0658. The Balaban J connectivity index is 1.65. The number of aromatic amines is 1. The highest BCUT2D eigenvalue weighted by molar-refractivity contribution is 7.15. The highest BCUT2D eigenvalue weighted by Gasteiger charge is 2.18. The summed E-state index contributed by atoms with van der Waals surface area (Å²) in [5.41, 5.74) is 1.97. The number of aromatic hydroxyl groups is 1. The van der Waals surface area contributed by atoms with E-state index in [0.717, 1.165) is 51.5 Å². The fourth-order valence-corrected chi connectivity index (χ4v) is 5.14. The van der Waals surface area contributed by atoms with Gasteiger partial charge in [-0.05, 0) is 35.7 Å². The Bertz CT molecular complexity index is 1110. The first-order chi connectivity index (χ1) is 14.9. The molecule has 1 aromatic carbocycles. The van der Waals surface area contributed by atoms with Crippen molar-refractivity contribution in [3.63, 3.8) is 0 Å². The van der Waals surface area contributed by atoms with Crippen LogP contribution in [0.2, 0.25) is 0 Å². The second-order valence-corrected chi connectivity index (χ2v) is 9.71. The molecular formula is C23H26N2O4S2. The number of nitrogens with zero attached hydrogens (tertiary/aromatic N) is 1. The van der Waals surface area contributed by atoms with Crippen LogP contribution in [0.5, 0.6) is 5.88 Å². The van der Waals surface area contributed by atoms with Crippen molar-refractivity contribution in [2.24, 2.45) is 0 Å². The molecule has 2 N–H and O–H groups in total.